The Labute approximate surface area is 209 Å². The topological polar surface area (TPSA) is 60.1 Å². The minimum atomic E-state index is 0. The number of nitrogens with zero attached hydrogens (tertiary/aromatic N) is 5. The summed E-state index contributed by atoms with van der Waals surface area (Å²) >= 11 is 0. The van der Waals surface area contributed by atoms with Gasteiger partial charge in [-0.15, -0.1) is 24.0 Å². The van der Waals surface area contributed by atoms with Gasteiger partial charge < -0.3 is 14.7 Å². The summed E-state index contributed by atoms with van der Waals surface area (Å²) in [5.41, 5.74) is 3.99. The molecule has 0 amide bonds. The molecule has 0 spiro atoms. The van der Waals surface area contributed by atoms with Crippen LogP contribution in [0, 0.1) is 5.92 Å². The van der Waals surface area contributed by atoms with Crippen LogP contribution in [0.2, 0.25) is 0 Å². The van der Waals surface area contributed by atoms with Gasteiger partial charge in [0.15, 0.2) is 5.96 Å². The van der Waals surface area contributed by atoms with Crippen molar-refractivity contribution in [3.63, 3.8) is 0 Å². The lowest BCUT2D eigenvalue weighted by Gasteiger charge is -2.40. The van der Waals surface area contributed by atoms with Crippen LogP contribution in [0.15, 0.2) is 46.1 Å². The van der Waals surface area contributed by atoms with Gasteiger partial charge in [0, 0.05) is 71.5 Å². The Morgan fingerprint density at radius 2 is 1.84 bits per heavy atom. The van der Waals surface area contributed by atoms with E-state index < -0.39 is 0 Å². The third kappa shape index (κ3) is 6.23. The van der Waals surface area contributed by atoms with Gasteiger partial charge in [0.25, 0.3) is 0 Å². The van der Waals surface area contributed by atoms with Crippen molar-refractivity contribution in [2.75, 3.05) is 46.3 Å². The number of piperazine rings is 1. The summed E-state index contributed by atoms with van der Waals surface area (Å²) in [6.07, 6.45) is 2.78. The lowest BCUT2D eigenvalue weighted by atomic mass is 9.95. The molecule has 4 rings (SSSR count). The second kappa shape index (κ2) is 12.0. The van der Waals surface area contributed by atoms with E-state index in [4.69, 9.17) is 4.52 Å². The summed E-state index contributed by atoms with van der Waals surface area (Å²) in [5, 5.41) is 7.72. The minimum Gasteiger partial charge on any atom is -0.364 e. The Hall–Kier alpha value is -1.65. The highest BCUT2D eigenvalue weighted by atomic mass is 127. The molecule has 1 aromatic carbocycles. The first-order valence-corrected chi connectivity index (χ1v) is 11.5. The van der Waals surface area contributed by atoms with Gasteiger partial charge in [0.2, 0.25) is 0 Å². The van der Waals surface area contributed by atoms with E-state index in [1.165, 1.54) is 11.1 Å². The zero-order valence-electron chi connectivity index (χ0n) is 19.5. The van der Waals surface area contributed by atoms with Crippen molar-refractivity contribution < 1.29 is 4.52 Å². The normalized spacial score (nSPS) is 18.9. The molecule has 1 saturated heterocycles. The van der Waals surface area contributed by atoms with Crippen LogP contribution in [0.1, 0.15) is 30.7 Å². The number of nitrogens with one attached hydrogen (secondary N) is 1. The molecule has 0 radical (unpaired) electrons. The van der Waals surface area contributed by atoms with E-state index in [9.17, 15) is 0 Å². The van der Waals surface area contributed by atoms with Gasteiger partial charge in [-0.1, -0.05) is 43.3 Å². The van der Waals surface area contributed by atoms with Crippen LogP contribution in [0.4, 0.5) is 0 Å². The fourth-order valence-electron chi connectivity index (χ4n) is 4.78. The molecule has 32 heavy (non-hydrogen) atoms. The van der Waals surface area contributed by atoms with Crippen LogP contribution >= 0.6 is 24.0 Å². The number of rotatable bonds is 6. The zero-order valence-corrected chi connectivity index (χ0v) is 21.9. The van der Waals surface area contributed by atoms with Crippen LogP contribution in [-0.2, 0) is 19.5 Å². The summed E-state index contributed by atoms with van der Waals surface area (Å²) in [5.74, 6) is 1.60. The Balaban J connectivity index is 0.00000289. The standard InChI is InChI=1S/C24H36N6O.HI/c1-19(2)23(30-10-8-20-6-4-5-7-21(20)17-30)16-26-24(25-3)29-13-11-28(12-14-29)18-22-9-15-31-27-22;/h4-7,9,15,19,23H,8,10-14,16-18H2,1-3H3,(H,25,26);1H. The van der Waals surface area contributed by atoms with Crippen LogP contribution in [0.25, 0.3) is 0 Å². The molecule has 0 saturated carbocycles. The molecule has 176 valence electrons. The monoisotopic (exact) mass is 552 g/mol. The van der Waals surface area contributed by atoms with Crippen LogP contribution < -0.4 is 5.32 Å². The molecular formula is C24H37IN6O. The summed E-state index contributed by atoms with van der Waals surface area (Å²) < 4.78 is 4.96. The van der Waals surface area contributed by atoms with Crippen molar-refractivity contribution in [3.05, 3.63) is 53.4 Å². The lowest BCUT2D eigenvalue weighted by molar-refractivity contribution is 0.137. The number of hydrogen-bond acceptors (Lipinski definition) is 5. The van der Waals surface area contributed by atoms with E-state index in [1.807, 2.05) is 13.1 Å². The van der Waals surface area contributed by atoms with Gasteiger partial charge >= 0.3 is 0 Å². The second-order valence-electron chi connectivity index (χ2n) is 8.98. The van der Waals surface area contributed by atoms with E-state index in [0.717, 1.165) is 70.4 Å². The molecule has 7 nitrogen and oxygen atoms in total. The number of guanidine groups is 1. The first-order valence-electron chi connectivity index (χ1n) is 11.5. The molecular weight excluding hydrogens is 515 g/mol. The first kappa shape index (κ1) is 25.0. The number of hydrogen-bond donors (Lipinski definition) is 1. The van der Waals surface area contributed by atoms with Crippen molar-refractivity contribution >= 4 is 29.9 Å². The second-order valence-corrected chi connectivity index (χ2v) is 8.98. The third-order valence-corrected chi connectivity index (χ3v) is 6.63. The van der Waals surface area contributed by atoms with Gasteiger partial charge in [-0.05, 0) is 23.5 Å². The molecule has 1 atom stereocenters. The largest absolute Gasteiger partial charge is 0.364 e. The minimum absolute atomic E-state index is 0. The summed E-state index contributed by atoms with van der Waals surface area (Å²) in [6.45, 7) is 12.6. The quantitative estimate of drug-likeness (QED) is 0.338. The van der Waals surface area contributed by atoms with E-state index in [-0.39, 0.29) is 24.0 Å². The highest BCUT2D eigenvalue weighted by Crippen LogP contribution is 2.23. The van der Waals surface area contributed by atoms with Crippen molar-refractivity contribution in [1.29, 1.82) is 0 Å². The molecule has 1 N–H and O–H groups in total. The predicted octanol–water partition coefficient (Wildman–Crippen LogP) is 3.07. The maximum atomic E-state index is 4.96. The van der Waals surface area contributed by atoms with Crippen molar-refractivity contribution in [1.82, 2.24) is 25.2 Å². The third-order valence-electron chi connectivity index (χ3n) is 6.63. The molecule has 1 aromatic heterocycles. The summed E-state index contributed by atoms with van der Waals surface area (Å²) in [4.78, 5) is 12.0. The number of halogens is 1. The van der Waals surface area contributed by atoms with E-state index in [0.29, 0.717) is 12.0 Å². The highest BCUT2D eigenvalue weighted by molar-refractivity contribution is 14.0. The highest BCUT2D eigenvalue weighted by Gasteiger charge is 2.27. The fourth-order valence-corrected chi connectivity index (χ4v) is 4.78. The molecule has 0 bridgehead atoms. The van der Waals surface area contributed by atoms with Gasteiger partial charge in [-0.25, -0.2) is 0 Å². The maximum Gasteiger partial charge on any atom is 0.193 e. The van der Waals surface area contributed by atoms with Gasteiger partial charge in [-0.2, -0.15) is 0 Å². The SMILES string of the molecule is CN=C(NCC(C(C)C)N1CCc2ccccc2C1)N1CCN(Cc2ccon2)CC1.I. The van der Waals surface area contributed by atoms with Crippen molar-refractivity contribution in [2.24, 2.45) is 10.9 Å². The lowest BCUT2D eigenvalue weighted by Crippen LogP contribution is -2.55. The predicted molar refractivity (Wildman–Crippen MR) is 139 cm³/mol. The Kier molecular flexibility index (Phi) is 9.36. The zero-order chi connectivity index (χ0) is 21.6. The molecule has 8 heteroatoms. The Bertz CT molecular complexity index is 848. The van der Waals surface area contributed by atoms with Gasteiger partial charge in [0.05, 0.1) is 5.69 Å². The Morgan fingerprint density at radius 1 is 1.09 bits per heavy atom. The maximum absolute atomic E-state index is 4.96. The molecule has 2 aliphatic rings. The molecule has 1 fully saturated rings. The number of aliphatic imine (C=N–C) groups is 1. The average molecular weight is 553 g/mol. The molecule has 3 heterocycles. The van der Waals surface area contributed by atoms with Crippen LogP contribution in [0.5, 0.6) is 0 Å². The summed E-state index contributed by atoms with van der Waals surface area (Å²) in [6, 6.07) is 11.3. The Morgan fingerprint density at radius 3 is 2.50 bits per heavy atom. The number of aromatic nitrogens is 1. The molecule has 1 unspecified atom stereocenters. The van der Waals surface area contributed by atoms with Crippen molar-refractivity contribution in [3.8, 4) is 0 Å². The van der Waals surface area contributed by atoms with Crippen molar-refractivity contribution in [2.45, 2.75) is 39.4 Å². The van der Waals surface area contributed by atoms with Gasteiger partial charge in [-0.3, -0.25) is 14.8 Å². The molecule has 2 aliphatic heterocycles. The smallest absolute Gasteiger partial charge is 0.193 e. The first-order chi connectivity index (χ1) is 15.1. The average Bonchev–Trinajstić information content (AvgIpc) is 3.30. The molecule has 0 aliphatic carbocycles. The summed E-state index contributed by atoms with van der Waals surface area (Å²) in [7, 11) is 1.89. The van der Waals surface area contributed by atoms with E-state index >= 15 is 0 Å². The van der Waals surface area contributed by atoms with Crippen LogP contribution in [-0.4, -0.2) is 78.2 Å². The van der Waals surface area contributed by atoms with Crippen LogP contribution in [0.3, 0.4) is 0 Å². The molecule has 2 aromatic rings. The van der Waals surface area contributed by atoms with E-state index in [1.54, 1.807) is 6.26 Å². The number of fused-ring (bicyclic) bond motifs is 1. The van der Waals surface area contributed by atoms with Gasteiger partial charge in [0.1, 0.15) is 6.26 Å². The fraction of sp³-hybridized carbons (Fsp3) is 0.583. The van der Waals surface area contributed by atoms with E-state index in [2.05, 4.69) is 68.3 Å². The number of benzene rings is 1.